The summed E-state index contributed by atoms with van der Waals surface area (Å²) in [6.07, 6.45) is 5.32. The normalized spacial score (nSPS) is 12.1. The van der Waals surface area contributed by atoms with Gasteiger partial charge in [-0.25, -0.2) is 9.97 Å². The molecular weight excluding hydrogens is 486 g/mol. The average Bonchev–Trinajstić information content (AvgIpc) is 3.67. The minimum atomic E-state index is 0.675. The molecular formula is C33H17N3O3. The van der Waals surface area contributed by atoms with Crippen molar-refractivity contribution >= 4 is 65.9 Å². The van der Waals surface area contributed by atoms with Crippen LogP contribution in [0.5, 0.6) is 0 Å². The van der Waals surface area contributed by atoms with E-state index in [9.17, 15) is 0 Å². The minimum absolute atomic E-state index is 0.675. The molecule has 0 spiro atoms. The number of benzene rings is 4. The van der Waals surface area contributed by atoms with Crippen LogP contribution in [-0.4, -0.2) is 15.0 Å². The van der Waals surface area contributed by atoms with E-state index in [0.717, 1.165) is 82.7 Å². The van der Waals surface area contributed by atoms with Gasteiger partial charge in [0.25, 0.3) is 0 Å². The molecule has 6 heteroatoms. The number of para-hydroxylation sites is 2. The van der Waals surface area contributed by atoms with Crippen LogP contribution >= 0.6 is 0 Å². The molecule has 0 aliphatic carbocycles. The maximum Gasteiger partial charge on any atom is 0.180 e. The van der Waals surface area contributed by atoms with Crippen LogP contribution < -0.4 is 0 Å². The Morgan fingerprint density at radius 3 is 2.00 bits per heavy atom. The van der Waals surface area contributed by atoms with Crippen molar-refractivity contribution in [2.75, 3.05) is 0 Å². The van der Waals surface area contributed by atoms with E-state index >= 15 is 0 Å². The highest BCUT2D eigenvalue weighted by Crippen LogP contribution is 2.39. The predicted molar refractivity (Wildman–Crippen MR) is 153 cm³/mol. The van der Waals surface area contributed by atoms with Gasteiger partial charge in [0.15, 0.2) is 5.58 Å². The van der Waals surface area contributed by atoms with Crippen LogP contribution in [-0.2, 0) is 0 Å². The number of furan rings is 3. The van der Waals surface area contributed by atoms with Crippen LogP contribution in [0.15, 0.2) is 117 Å². The molecule has 0 atom stereocenters. The molecule has 4 aromatic carbocycles. The lowest BCUT2D eigenvalue weighted by molar-refractivity contribution is 0.666. The number of fused-ring (bicyclic) bond motifs is 9. The highest BCUT2D eigenvalue weighted by Gasteiger charge is 2.18. The third-order valence-electron chi connectivity index (χ3n) is 7.50. The Hall–Kier alpha value is -5.49. The fourth-order valence-electron chi connectivity index (χ4n) is 5.67. The molecule has 0 radical (unpaired) electrons. The number of nitrogens with zero attached hydrogens (tertiary/aromatic N) is 3. The highest BCUT2D eigenvalue weighted by molar-refractivity contribution is 6.12. The van der Waals surface area contributed by atoms with Gasteiger partial charge in [-0.2, -0.15) is 0 Å². The lowest BCUT2D eigenvalue weighted by Crippen LogP contribution is -1.86. The summed E-state index contributed by atoms with van der Waals surface area (Å²) in [5, 5.41) is 5.04. The molecule has 9 rings (SSSR count). The van der Waals surface area contributed by atoms with Crippen molar-refractivity contribution in [1.29, 1.82) is 0 Å². The first kappa shape index (κ1) is 20.6. The summed E-state index contributed by atoms with van der Waals surface area (Å²) in [5.41, 5.74) is 9.20. The second-order valence-electron chi connectivity index (χ2n) is 9.68. The largest absolute Gasteiger partial charge is 0.456 e. The van der Waals surface area contributed by atoms with Crippen LogP contribution in [0.2, 0.25) is 0 Å². The van der Waals surface area contributed by atoms with E-state index in [2.05, 4.69) is 39.2 Å². The van der Waals surface area contributed by atoms with Gasteiger partial charge in [0.1, 0.15) is 45.5 Å². The highest BCUT2D eigenvalue weighted by atomic mass is 16.3. The fourth-order valence-corrected chi connectivity index (χ4v) is 5.67. The Morgan fingerprint density at radius 2 is 1.15 bits per heavy atom. The number of hydrogen-bond acceptors (Lipinski definition) is 6. The molecule has 0 aliphatic rings. The molecule has 39 heavy (non-hydrogen) atoms. The third-order valence-corrected chi connectivity index (χ3v) is 7.50. The quantitative estimate of drug-likeness (QED) is 0.234. The fraction of sp³-hybridized carbons (Fsp3) is 0. The lowest BCUT2D eigenvalue weighted by Gasteiger charge is -2.03. The van der Waals surface area contributed by atoms with E-state index in [0.29, 0.717) is 5.58 Å². The molecule has 182 valence electrons. The van der Waals surface area contributed by atoms with Gasteiger partial charge in [-0.15, -0.1) is 0 Å². The molecule has 0 saturated carbocycles. The van der Waals surface area contributed by atoms with E-state index < -0.39 is 0 Å². The topological polar surface area (TPSA) is 78.1 Å². The summed E-state index contributed by atoms with van der Waals surface area (Å²) in [6, 6.07) is 28.3. The first-order valence-corrected chi connectivity index (χ1v) is 12.7. The Bertz CT molecular complexity index is 2240. The van der Waals surface area contributed by atoms with Crippen LogP contribution in [0.25, 0.3) is 88.3 Å². The smallest absolute Gasteiger partial charge is 0.180 e. The summed E-state index contributed by atoms with van der Waals surface area (Å²) >= 11 is 0. The van der Waals surface area contributed by atoms with E-state index in [1.54, 1.807) is 6.33 Å². The monoisotopic (exact) mass is 503 g/mol. The minimum Gasteiger partial charge on any atom is -0.456 e. The van der Waals surface area contributed by atoms with Crippen molar-refractivity contribution < 1.29 is 13.3 Å². The van der Waals surface area contributed by atoms with Crippen molar-refractivity contribution in [2.45, 2.75) is 0 Å². The summed E-state index contributed by atoms with van der Waals surface area (Å²) in [6.45, 7) is 0. The number of hydrogen-bond donors (Lipinski definition) is 0. The molecule has 0 saturated heterocycles. The number of aromatic nitrogens is 3. The molecule has 0 fully saturated rings. The van der Waals surface area contributed by atoms with Gasteiger partial charge in [-0.1, -0.05) is 36.4 Å². The molecule has 5 heterocycles. The van der Waals surface area contributed by atoms with Crippen LogP contribution in [0.1, 0.15) is 0 Å². The Kier molecular flexibility index (Phi) is 3.96. The van der Waals surface area contributed by atoms with Crippen molar-refractivity contribution in [2.24, 2.45) is 0 Å². The molecule has 0 N–H and O–H groups in total. The zero-order valence-electron chi connectivity index (χ0n) is 20.4. The van der Waals surface area contributed by atoms with E-state index in [1.165, 1.54) is 0 Å². The predicted octanol–water partition coefficient (Wildman–Crippen LogP) is 8.90. The zero-order valence-corrected chi connectivity index (χ0v) is 20.4. The van der Waals surface area contributed by atoms with Crippen molar-refractivity contribution in [3.05, 3.63) is 104 Å². The van der Waals surface area contributed by atoms with Crippen molar-refractivity contribution in [3.63, 3.8) is 0 Å². The SMILES string of the molecule is c1ccc2c(c1)oc1c(-c3ccc4oc5ccc(-c6ncnc7c6oc6ccccc67)cc5c4c3)cncc12. The molecule has 0 aliphatic heterocycles. The number of pyridine rings is 1. The van der Waals surface area contributed by atoms with Crippen LogP contribution in [0, 0.1) is 0 Å². The van der Waals surface area contributed by atoms with Crippen LogP contribution in [0.3, 0.4) is 0 Å². The van der Waals surface area contributed by atoms with Crippen molar-refractivity contribution in [3.8, 4) is 22.4 Å². The van der Waals surface area contributed by atoms with Gasteiger partial charge in [0.05, 0.1) is 0 Å². The molecule has 0 bridgehead atoms. The summed E-state index contributed by atoms with van der Waals surface area (Å²) in [7, 11) is 0. The second kappa shape index (κ2) is 7.52. The third kappa shape index (κ3) is 2.88. The first-order chi connectivity index (χ1) is 19.3. The maximum absolute atomic E-state index is 6.27. The Balaban J connectivity index is 1.26. The Labute approximate surface area is 220 Å². The van der Waals surface area contributed by atoms with E-state index in [1.807, 2.05) is 73.1 Å². The van der Waals surface area contributed by atoms with Gasteiger partial charge < -0.3 is 13.3 Å². The van der Waals surface area contributed by atoms with E-state index in [-0.39, 0.29) is 0 Å². The van der Waals surface area contributed by atoms with Gasteiger partial charge >= 0.3 is 0 Å². The summed E-state index contributed by atoms with van der Waals surface area (Å²) in [4.78, 5) is 13.6. The lowest BCUT2D eigenvalue weighted by atomic mass is 10.0. The summed E-state index contributed by atoms with van der Waals surface area (Å²) < 4.78 is 18.7. The average molecular weight is 504 g/mol. The van der Waals surface area contributed by atoms with E-state index in [4.69, 9.17) is 13.3 Å². The van der Waals surface area contributed by atoms with Crippen molar-refractivity contribution in [1.82, 2.24) is 15.0 Å². The first-order valence-electron chi connectivity index (χ1n) is 12.7. The second-order valence-corrected chi connectivity index (χ2v) is 9.68. The molecule has 0 unspecified atom stereocenters. The van der Waals surface area contributed by atoms with Crippen LogP contribution in [0.4, 0.5) is 0 Å². The van der Waals surface area contributed by atoms with Gasteiger partial charge in [-0.3, -0.25) is 4.98 Å². The van der Waals surface area contributed by atoms with Gasteiger partial charge in [-0.05, 0) is 54.1 Å². The van der Waals surface area contributed by atoms with Gasteiger partial charge in [0, 0.05) is 50.5 Å². The Morgan fingerprint density at radius 1 is 0.487 bits per heavy atom. The van der Waals surface area contributed by atoms with Gasteiger partial charge in [0.2, 0.25) is 0 Å². The molecule has 5 aromatic heterocycles. The molecule has 9 aromatic rings. The standard InChI is InChI=1S/C33H17N3O3/c1-3-7-26-20(5-1)25-16-34-15-24(32(25)38-26)18-9-11-28-22(13-18)23-14-19(10-12-29(23)37-28)30-33-31(36-17-35-30)21-6-2-4-8-27(21)39-33/h1-17H. The molecule has 6 nitrogen and oxygen atoms in total. The summed E-state index contributed by atoms with van der Waals surface area (Å²) in [5.74, 6) is 0. The zero-order chi connectivity index (χ0) is 25.5. The maximum atomic E-state index is 6.27. The molecule has 0 amide bonds. The number of rotatable bonds is 2.